The Hall–Kier alpha value is -2.99. The van der Waals surface area contributed by atoms with Crippen molar-refractivity contribution in [3.63, 3.8) is 0 Å². The quantitative estimate of drug-likeness (QED) is 0.244. The number of carbonyl (C=O) groups is 2. The van der Waals surface area contributed by atoms with E-state index < -0.39 is 56.9 Å². The first-order valence-corrected chi connectivity index (χ1v) is 15.2. The summed E-state index contributed by atoms with van der Waals surface area (Å²) in [5.74, 6) is -1.40. The molecular weight excluding hydrogens is 638 g/mol. The smallest absolute Gasteiger partial charge is 0.355 e. The lowest BCUT2D eigenvalue weighted by molar-refractivity contribution is -0.140. The number of nitrogens with zero attached hydrogens (tertiary/aromatic N) is 2. The van der Waals surface area contributed by atoms with E-state index in [9.17, 15) is 31.2 Å². The Kier molecular flexibility index (Phi) is 11.2. The van der Waals surface area contributed by atoms with Gasteiger partial charge >= 0.3 is 6.18 Å². The predicted molar refractivity (Wildman–Crippen MR) is 157 cm³/mol. The van der Waals surface area contributed by atoms with Crippen molar-refractivity contribution in [3.05, 3.63) is 92.9 Å². The van der Waals surface area contributed by atoms with E-state index in [-0.39, 0.29) is 34.5 Å². The number of carbonyl (C=O) groups excluding carboxylic acids is 2. The number of halogens is 6. The van der Waals surface area contributed by atoms with Crippen molar-refractivity contribution in [3.8, 4) is 0 Å². The molecule has 3 aromatic rings. The van der Waals surface area contributed by atoms with Crippen molar-refractivity contribution in [2.75, 3.05) is 17.4 Å². The molecule has 1 atom stereocenters. The van der Waals surface area contributed by atoms with E-state index in [2.05, 4.69) is 5.32 Å². The van der Waals surface area contributed by atoms with Crippen LogP contribution in [0.15, 0.2) is 71.6 Å². The topological polar surface area (TPSA) is 86.8 Å². The fraction of sp³-hybridized carbons (Fsp3) is 0.286. The summed E-state index contributed by atoms with van der Waals surface area (Å²) < 4.78 is 69.4. The van der Waals surface area contributed by atoms with Gasteiger partial charge in [0.05, 0.1) is 21.2 Å². The second-order valence-corrected chi connectivity index (χ2v) is 12.1. The van der Waals surface area contributed by atoms with Crippen LogP contribution in [-0.2, 0) is 32.3 Å². The fourth-order valence-electron chi connectivity index (χ4n) is 4.20. The lowest BCUT2D eigenvalue weighted by Gasteiger charge is -2.33. The number of anilines is 1. The molecule has 2 amide bonds. The van der Waals surface area contributed by atoms with Gasteiger partial charge in [0, 0.05) is 28.7 Å². The van der Waals surface area contributed by atoms with Gasteiger partial charge in [0.15, 0.2) is 0 Å². The van der Waals surface area contributed by atoms with Crippen molar-refractivity contribution in [2.45, 2.75) is 43.9 Å². The minimum atomic E-state index is -4.91. The van der Waals surface area contributed by atoms with E-state index in [0.717, 1.165) is 17.0 Å². The van der Waals surface area contributed by atoms with Crippen LogP contribution in [0.3, 0.4) is 0 Å². The molecule has 0 spiro atoms. The SMILES string of the molecule is CCNC(=O)[C@@H](CC)N(Cc1c(Cl)cccc1Cl)C(=O)CN(c1ccc(Cl)c(C(F)(F)F)c1)S(=O)(=O)c1ccccc1. The van der Waals surface area contributed by atoms with Gasteiger partial charge in [-0.15, -0.1) is 0 Å². The van der Waals surface area contributed by atoms with Crippen LogP contribution in [0.25, 0.3) is 0 Å². The number of amides is 2. The number of likely N-dealkylation sites (N-methyl/N-ethyl adjacent to an activating group) is 1. The zero-order chi connectivity index (χ0) is 31.2. The summed E-state index contributed by atoms with van der Waals surface area (Å²) in [4.78, 5) is 27.9. The standard InChI is InChI=1S/C28H27Cl3F3N3O4S/c1-3-25(27(39)35-4-2)36(16-20-22(29)11-8-12-23(20)30)26(38)17-37(42(40,41)19-9-6-5-7-10-19)18-13-14-24(31)21(15-18)28(32,33)34/h5-15,25H,3-4,16-17H2,1-2H3,(H,35,39)/t25-/m1/s1. The van der Waals surface area contributed by atoms with Crippen LogP contribution >= 0.6 is 34.8 Å². The van der Waals surface area contributed by atoms with Crippen molar-refractivity contribution >= 4 is 62.3 Å². The largest absolute Gasteiger partial charge is 0.417 e. The molecule has 0 aromatic heterocycles. The normalized spacial score (nSPS) is 12.5. The molecule has 7 nitrogen and oxygen atoms in total. The van der Waals surface area contributed by atoms with E-state index >= 15 is 0 Å². The van der Waals surface area contributed by atoms with Gasteiger partial charge in [-0.3, -0.25) is 13.9 Å². The minimum absolute atomic E-state index is 0.129. The molecule has 3 rings (SSSR count). The van der Waals surface area contributed by atoms with Crippen LogP contribution in [-0.4, -0.2) is 44.3 Å². The average molecular weight is 665 g/mol. The Morgan fingerprint density at radius 3 is 2.07 bits per heavy atom. The first kappa shape index (κ1) is 33.5. The number of nitrogens with one attached hydrogen (secondary N) is 1. The fourth-order valence-corrected chi connectivity index (χ4v) is 6.37. The summed E-state index contributed by atoms with van der Waals surface area (Å²) in [5.41, 5.74) is -1.43. The Labute approximate surface area is 257 Å². The van der Waals surface area contributed by atoms with E-state index in [4.69, 9.17) is 34.8 Å². The number of rotatable bonds is 11. The highest BCUT2D eigenvalue weighted by Crippen LogP contribution is 2.38. The van der Waals surface area contributed by atoms with Gasteiger partial charge in [0.1, 0.15) is 12.6 Å². The van der Waals surface area contributed by atoms with Crippen LogP contribution in [0.1, 0.15) is 31.4 Å². The van der Waals surface area contributed by atoms with Crippen LogP contribution in [0.4, 0.5) is 18.9 Å². The Morgan fingerprint density at radius 2 is 1.52 bits per heavy atom. The zero-order valence-corrected chi connectivity index (χ0v) is 25.5. The molecule has 3 aromatic carbocycles. The van der Waals surface area contributed by atoms with Gasteiger partial charge in [-0.05, 0) is 55.8 Å². The second kappa shape index (κ2) is 14.0. The maximum Gasteiger partial charge on any atom is 0.417 e. The van der Waals surface area contributed by atoms with Crippen LogP contribution in [0.5, 0.6) is 0 Å². The van der Waals surface area contributed by atoms with Crippen molar-refractivity contribution < 1.29 is 31.2 Å². The molecule has 0 aliphatic carbocycles. The molecule has 0 saturated heterocycles. The minimum Gasteiger partial charge on any atom is -0.355 e. The van der Waals surface area contributed by atoms with E-state index in [0.29, 0.717) is 15.9 Å². The highest BCUT2D eigenvalue weighted by atomic mass is 35.5. The summed E-state index contributed by atoms with van der Waals surface area (Å²) in [7, 11) is -4.59. The Bertz CT molecular complexity index is 1520. The third-order valence-electron chi connectivity index (χ3n) is 6.28. The monoisotopic (exact) mass is 663 g/mol. The molecule has 226 valence electrons. The van der Waals surface area contributed by atoms with Crippen molar-refractivity contribution in [2.24, 2.45) is 0 Å². The number of benzene rings is 3. The molecule has 42 heavy (non-hydrogen) atoms. The number of hydrogen-bond acceptors (Lipinski definition) is 4. The molecule has 0 bridgehead atoms. The molecule has 0 aliphatic heterocycles. The van der Waals surface area contributed by atoms with Gasteiger partial charge in [-0.25, -0.2) is 8.42 Å². The highest BCUT2D eigenvalue weighted by molar-refractivity contribution is 7.92. The van der Waals surface area contributed by atoms with Gasteiger partial charge in [-0.2, -0.15) is 13.2 Å². The summed E-state index contributed by atoms with van der Waals surface area (Å²) in [6.45, 7) is 2.37. The average Bonchev–Trinajstić information content (AvgIpc) is 2.93. The molecule has 0 fully saturated rings. The lowest BCUT2D eigenvalue weighted by atomic mass is 10.1. The van der Waals surface area contributed by atoms with Crippen LogP contribution in [0.2, 0.25) is 15.1 Å². The third kappa shape index (κ3) is 7.69. The molecule has 0 heterocycles. The van der Waals surface area contributed by atoms with E-state index in [1.165, 1.54) is 36.4 Å². The summed E-state index contributed by atoms with van der Waals surface area (Å²) in [5, 5.41) is 2.40. The van der Waals surface area contributed by atoms with Gasteiger partial charge < -0.3 is 10.2 Å². The Morgan fingerprint density at radius 1 is 0.905 bits per heavy atom. The molecule has 0 radical (unpaired) electrons. The Balaban J connectivity index is 2.17. The van der Waals surface area contributed by atoms with Gasteiger partial charge in [0.2, 0.25) is 11.8 Å². The van der Waals surface area contributed by atoms with E-state index in [1.54, 1.807) is 26.0 Å². The summed E-state index contributed by atoms with van der Waals surface area (Å²) in [6, 6.07) is 13.1. The molecule has 14 heteroatoms. The molecular formula is C28H27Cl3F3N3O4S. The summed E-state index contributed by atoms with van der Waals surface area (Å²) >= 11 is 18.5. The van der Waals surface area contributed by atoms with Crippen LogP contribution in [0, 0.1) is 0 Å². The maximum atomic E-state index is 14.0. The second-order valence-electron chi connectivity index (χ2n) is 9.03. The maximum absolute atomic E-state index is 14.0. The van der Waals surface area contributed by atoms with Crippen molar-refractivity contribution in [1.82, 2.24) is 10.2 Å². The summed E-state index contributed by atoms with van der Waals surface area (Å²) in [6.07, 6.45) is -4.78. The lowest BCUT2D eigenvalue weighted by Crippen LogP contribution is -2.52. The molecule has 0 unspecified atom stereocenters. The molecule has 0 saturated carbocycles. The number of sulfonamides is 1. The third-order valence-corrected chi connectivity index (χ3v) is 9.11. The van der Waals surface area contributed by atoms with E-state index in [1.807, 2.05) is 0 Å². The molecule has 0 aliphatic rings. The predicted octanol–water partition coefficient (Wildman–Crippen LogP) is 6.80. The van der Waals surface area contributed by atoms with Crippen LogP contribution < -0.4 is 9.62 Å². The number of hydrogen-bond donors (Lipinski definition) is 1. The first-order valence-electron chi connectivity index (χ1n) is 12.7. The zero-order valence-electron chi connectivity index (χ0n) is 22.5. The van der Waals surface area contributed by atoms with Gasteiger partial charge in [0.25, 0.3) is 10.0 Å². The first-order chi connectivity index (χ1) is 19.7. The van der Waals surface area contributed by atoms with Gasteiger partial charge in [-0.1, -0.05) is 66.0 Å². The highest BCUT2D eigenvalue weighted by Gasteiger charge is 2.37. The van der Waals surface area contributed by atoms with Crippen molar-refractivity contribution in [1.29, 1.82) is 0 Å². The number of alkyl halides is 3. The molecule has 1 N–H and O–H groups in total.